The van der Waals surface area contributed by atoms with Crippen LogP contribution in [-0.4, -0.2) is 65.6 Å². The number of benzene rings is 3. The molecule has 0 spiro atoms. The number of carbonyl (C=O) groups is 3. The van der Waals surface area contributed by atoms with E-state index in [1.54, 1.807) is 6.07 Å². The van der Waals surface area contributed by atoms with E-state index >= 15 is 0 Å². The first kappa shape index (κ1) is 41.6. The van der Waals surface area contributed by atoms with Crippen LogP contribution in [0, 0.1) is 18.8 Å². The monoisotopic (exact) mass is 789 g/mol. The van der Waals surface area contributed by atoms with Crippen molar-refractivity contribution in [1.82, 2.24) is 25.9 Å². The second-order valence-corrected chi connectivity index (χ2v) is 14.3. The van der Waals surface area contributed by atoms with E-state index < -0.39 is 29.9 Å². The maximum absolute atomic E-state index is 13.9. The van der Waals surface area contributed by atoms with Crippen LogP contribution in [0.2, 0.25) is 0 Å². The summed E-state index contributed by atoms with van der Waals surface area (Å²) < 4.78 is 66.8. The molecule has 0 radical (unpaired) electrons. The van der Waals surface area contributed by atoms with Gasteiger partial charge >= 0.3 is 12.1 Å². The lowest BCUT2D eigenvalue weighted by atomic mass is 9.81. The molecule has 0 unspecified atom stereocenters. The lowest BCUT2D eigenvalue weighted by Crippen LogP contribution is -2.48. The van der Waals surface area contributed by atoms with Gasteiger partial charge in [-0.15, -0.1) is 12.4 Å². The molecule has 10 nitrogen and oxygen atoms in total. The van der Waals surface area contributed by atoms with E-state index in [2.05, 4.69) is 26.3 Å². The Hall–Kier alpha value is -4.60. The summed E-state index contributed by atoms with van der Waals surface area (Å²) in [5, 5.41) is 12.0. The lowest BCUT2D eigenvalue weighted by Gasteiger charge is -2.28. The van der Waals surface area contributed by atoms with Gasteiger partial charge < -0.3 is 32.0 Å². The van der Waals surface area contributed by atoms with Crippen LogP contribution >= 0.6 is 12.4 Å². The largest absolute Gasteiger partial charge is 0.461 e. The molecule has 7 N–H and O–H groups in total. The highest BCUT2D eigenvalue weighted by atomic mass is 35.5. The number of piperidine rings is 1. The van der Waals surface area contributed by atoms with Gasteiger partial charge in [-0.3, -0.25) is 14.4 Å². The van der Waals surface area contributed by atoms with Gasteiger partial charge in [-0.05, 0) is 124 Å². The van der Waals surface area contributed by atoms with Gasteiger partial charge in [0.25, 0.3) is 5.91 Å². The first-order chi connectivity index (χ1) is 25.7. The van der Waals surface area contributed by atoms with Gasteiger partial charge in [-0.2, -0.15) is 22.0 Å². The Morgan fingerprint density at radius 2 is 1.60 bits per heavy atom. The summed E-state index contributed by atoms with van der Waals surface area (Å²) in [6.07, 6.45) is -1.10. The molecule has 55 heavy (non-hydrogen) atoms. The number of anilines is 1. The number of alkyl halides is 5. The number of H-pyrrole nitrogens is 1. The number of fused-ring (bicyclic) bond motifs is 1. The predicted molar refractivity (Wildman–Crippen MR) is 202 cm³/mol. The minimum absolute atomic E-state index is 0. The molecule has 1 aliphatic carbocycles. The molecule has 2 heterocycles. The molecule has 2 aliphatic rings. The third kappa shape index (κ3) is 9.80. The molecule has 4 aromatic rings. The highest BCUT2D eigenvalue weighted by molar-refractivity contribution is 5.99. The molecule has 2 fully saturated rings. The molecular weight excluding hydrogens is 745 g/mol. The summed E-state index contributed by atoms with van der Waals surface area (Å²) in [5.41, 5.74) is 9.71. The molecule has 1 saturated carbocycles. The second-order valence-electron chi connectivity index (χ2n) is 14.3. The van der Waals surface area contributed by atoms with Crippen molar-refractivity contribution in [3.05, 3.63) is 83.2 Å². The van der Waals surface area contributed by atoms with Crippen LogP contribution < -0.4 is 27.0 Å². The van der Waals surface area contributed by atoms with E-state index in [9.17, 15) is 36.3 Å². The maximum atomic E-state index is 13.9. The maximum Gasteiger partial charge on any atom is 0.461 e. The number of imidazole rings is 1. The molecule has 16 heteroatoms. The van der Waals surface area contributed by atoms with Crippen molar-refractivity contribution in [3.63, 3.8) is 0 Å². The van der Waals surface area contributed by atoms with Crippen LogP contribution in [0.4, 0.5) is 27.6 Å². The van der Waals surface area contributed by atoms with Crippen molar-refractivity contribution < 1.29 is 36.3 Å². The SMILES string of the molecule is Cc1cc(C(=O)NC2CCNCC2)ccc1-c1ccc(C[C@H](NC(=O)[C@H]2CC[C@H](CN)CC2)C(=O)Nc2ccc3[nH]c(C(F)(F)C(F)(F)F)nc3c2)cc1.Cl. The fraction of sp³-hybridized carbons (Fsp3) is 0.436. The zero-order valence-electron chi connectivity index (χ0n) is 30.2. The predicted octanol–water partition coefficient (Wildman–Crippen LogP) is 6.53. The third-order valence-electron chi connectivity index (χ3n) is 10.5. The topological polar surface area (TPSA) is 154 Å². The first-order valence-corrected chi connectivity index (χ1v) is 18.2. The van der Waals surface area contributed by atoms with Crippen molar-refractivity contribution >= 4 is 46.8 Å². The summed E-state index contributed by atoms with van der Waals surface area (Å²) in [6.45, 7) is 4.23. The number of nitrogens with two attached hydrogens (primary N) is 1. The van der Waals surface area contributed by atoms with Crippen LogP contribution in [0.5, 0.6) is 0 Å². The van der Waals surface area contributed by atoms with Crippen LogP contribution in [0.1, 0.15) is 65.8 Å². The number of amides is 3. The Balaban J connectivity index is 0.00000580. The van der Waals surface area contributed by atoms with Gasteiger partial charge in [0.1, 0.15) is 6.04 Å². The summed E-state index contributed by atoms with van der Waals surface area (Å²) in [5.74, 6) is -7.70. The van der Waals surface area contributed by atoms with E-state index in [4.69, 9.17) is 5.73 Å². The average Bonchev–Trinajstić information content (AvgIpc) is 3.59. The third-order valence-corrected chi connectivity index (χ3v) is 10.5. The Morgan fingerprint density at radius 3 is 2.24 bits per heavy atom. The smallest absolute Gasteiger partial charge is 0.349 e. The Morgan fingerprint density at radius 1 is 0.909 bits per heavy atom. The standard InChI is InChI=1S/C39H44F5N7O3.ClH/c1-22-18-27(35(53)47-28-14-16-46-17-15-28)10-12-30(22)25-6-2-23(3-7-25)19-33(49-34(52)26-8-4-24(21-45)5-9-26)36(54)48-29-11-13-31-32(20-29)51-37(50-31)38(40,41)39(42,43)44;/h2-3,6-7,10-13,18,20,24,26,28,33,46H,4-5,8-9,14-17,19,21,45H2,1H3,(H,47,53)(H,48,54)(H,49,52)(H,50,51);1H/t24-,26-,33-;/m0./s1. The van der Waals surface area contributed by atoms with E-state index in [1.807, 2.05) is 48.3 Å². The number of rotatable bonds is 11. The number of halogens is 6. The van der Waals surface area contributed by atoms with E-state index in [0.717, 1.165) is 61.0 Å². The van der Waals surface area contributed by atoms with Crippen molar-refractivity contribution in [2.75, 3.05) is 25.0 Å². The van der Waals surface area contributed by atoms with Gasteiger partial charge in [0, 0.05) is 29.6 Å². The Kier molecular flexibility index (Phi) is 13.2. The van der Waals surface area contributed by atoms with Gasteiger partial charge in [0.2, 0.25) is 11.8 Å². The molecular formula is C39H45ClF5N7O3. The quantitative estimate of drug-likeness (QED) is 0.0951. The number of hydrogen-bond acceptors (Lipinski definition) is 6. The van der Waals surface area contributed by atoms with Crippen molar-refractivity contribution in [3.8, 4) is 11.1 Å². The van der Waals surface area contributed by atoms with E-state index in [-0.39, 0.29) is 59.3 Å². The van der Waals surface area contributed by atoms with E-state index in [1.165, 1.54) is 18.2 Å². The number of hydrogen-bond donors (Lipinski definition) is 6. The van der Waals surface area contributed by atoms with Crippen LogP contribution in [-0.2, 0) is 21.9 Å². The molecule has 1 atom stereocenters. The number of carbonyl (C=O) groups excluding carboxylic acids is 3. The minimum atomic E-state index is -5.85. The highest BCUT2D eigenvalue weighted by Gasteiger charge is 2.61. The second kappa shape index (κ2) is 17.5. The number of nitrogens with one attached hydrogen (secondary N) is 5. The normalized spacial score (nSPS) is 18.6. The molecule has 3 amide bonds. The average molecular weight is 790 g/mol. The summed E-state index contributed by atoms with van der Waals surface area (Å²) in [4.78, 5) is 45.5. The van der Waals surface area contributed by atoms with Gasteiger partial charge in [-0.1, -0.05) is 30.3 Å². The van der Waals surface area contributed by atoms with Gasteiger partial charge in [0.15, 0.2) is 5.82 Å². The van der Waals surface area contributed by atoms with Crippen molar-refractivity contribution in [2.24, 2.45) is 17.6 Å². The zero-order chi connectivity index (χ0) is 38.6. The zero-order valence-corrected chi connectivity index (χ0v) is 31.0. The molecule has 6 rings (SSSR count). The first-order valence-electron chi connectivity index (χ1n) is 18.2. The number of aromatic amines is 1. The number of aryl methyl sites for hydroxylation is 1. The number of nitrogens with zero attached hydrogens (tertiary/aromatic N) is 1. The van der Waals surface area contributed by atoms with Crippen LogP contribution in [0.15, 0.2) is 60.7 Å². The van der Waals surface area contributed by atoms with Crippen LogP contribution in [0.25, 0.3) is 22.2 Å². The molecule has 1 saturated heterocycles. The Labute approximate surface area is 321 Å². The van der Waals surface area contributed by atoms with Crippen molar-refractivity contribution in [2.45, 2.75) is 76.1 Å². The van der Waals surface area contributed by atoms with Crippen molar-refractivity contribution in [1.29, 1.82) is 0 Å². The fourth-order valence-electron chi connectivity index (χ4n) is 7.17. The van der Waals surface area contributed by atoms with E-state index in [0.29, 0.717) is 30.9 Å². The molecule has 1 aromatic heterocycles. The molecule has 296 valence electrons. The lowest BCUT2D eigenvalue weighted by molar-refractivity contribution is -0.292. The highest BCUT2D eigenvalue weighted by Crippen LogP contribution is 2.43. The number of aromatic nitrogens is 2. The van der Waals surface area contributed by atoms with Crippen LogP contribution in [0.3, 0.4) is 0 Å². The molecule has 3 aromatic carbocycles. The summed E-state index contributed by atoms with van der Waals surface area (Å²) in [6, 6.07) is 15.9. The van der Waals surface area contributed by atoms with Gasteiger partial charge in [0.05, 0.1) is 11.0 Å². The molecule has 0 bridgehead atoms. The molecule has 1 aliphatic heterocycles. The minimum Gasteiger partial charge on any atom is -0.349 e. The summed E-state index contributed by atoms with van der Waals surface area (Å²) in [7, 11) is 0. The van der Waals surface area contributed by atoms with Gasteiger partial charge in [-0.25, -0.2) is 4.98 Å². The summed E-state index contributed by atoms with van der Waals surface area (Å²) >= 11 is 0. The Bertz CT molecular complexity index is 1970. The fourth-order valence-corrected chi connectivity index (χ4v) is 7.17.